The van der Waals surface area contributed by atoms with Crippen molar-refractivity contribution in [1.29, 1.82) is 0 Å². The lowest BCUT2D eigenvalue weighted by molar-refractivity contribution is 0.894. The van der Waals surface area contributed by atoms with Gasteiger partial charge in [-0.1, -0.05) is 10.8 Å². The first-order valence-electron chi connectivity index (χ1n) is 2.18. The normalized spacial score (nSPS) is 24.0. The fourth-order valence-corrected chi connectivity index (χ4v) is 3.56. The van der Waals surface area contributed by atoms with Crippen molar-refractivity contribution in [2.24, 2.45) is 0 Å². The summed E-state index contributed by atoms with van der Waals surface area (Å²) in [6.45, 7) is 1.17. The minimum Gasteiger partial charge on any atom is -0.254 e. The maximum Gasteiger partial charge on any atom is 0.00748 e. The molecule has 1 fully saturated rings. The molecule has 1 heterocycles. The quantitative estimate of drug-likeness (QED) is 0.421. The molecule has 7 heavy (non-hydrogen) atoms. The third-order valence-electron chi connectivity index (χ3n) is 0.648. The Morgan fingerprint density at radius 1 is 1.43 bits per heavy atom. The topological polar surface area (TPSA) is 12.0 Å². The van der Waals surface area contributed by atoms with Crippen molar-refractivity contribution in [3.05, 3.63) is 0 Å². The van der Waals surface area contributed by atoms with Crippen molar-refractivity contribution in [2.75, 3.05) is 12.3 Å². The first-order valence-corrected chi connectivity index (χ1v) is 5.83. The van der Waals surface area contributed by atoms with Crippen LogP contribution >= 0.6 is 31.6 Å². The van der Waals surface area contributed by atoms with Crippen LogP contribution in [0.3, 0.4) is 0 Å². The maximum absolute atomic E-state index is 3.21. The molecule has 0 aromatic rings. The predicted octanol–water partition coefficient (Wildman–Crippen LogP) is 1.92. The van der Waals surface area contributed by atoms with Gasteiger partial charge >= 0.3 is 0 Å². The highest BCUT2D eigenvalue weighted by Gasteiger charge is 1.96. The monoisotopic (exact) mass is 153 g/mol. The van der Waals surface area contributed by atoms with Crippen molar-refractivity contribution >= 4 is 31.6 Å². The van der Waals surface area contributed by atoms with E-state index in [1.54, 1.807) is 11.0 Å². The molecule has 0 aromatic carbocycles. The van der Waals surface area contributed by atoms with E-state index in [9.17, 15) is 0 Å². The van der Waals surface area contributed by atoms with Crippen LogP contribution in [0.25, 0.3) is 0 Å². The lowest BCUT2D eigenvalue weighted by atomic mass is 10.5. The Morgan fingerprint density at radius 3 is 3.43 bits per heavy atom. The highest BCUT2D eigenvalue weighted by atomic mass is 33.5. The number of nitrogens with one attached hydrogen (secondary N) is 1. The van der Waals surface area contributed by atoms with E-state index in [2.05, 4.69) is 4.72 Å². The van der Waals surface area contributed by atoms with E-state index in [1.807, 2.05) is 20.6 Å². The number of hydrogen-bond acceptors (Lipinski definition) is 4. The highest BCUT2D eigenvalue weighted by Crippen LogP contribution is 2.34. The highest BCUT2D eigenvalue weighted by molar-refractivity contribution is 9.09. The molecule has 42 valence electrons. The van der Waals surface area contributed by atoms with Gasteiger partial charge in [0.05, 0.1) is 0 Å². The Balaban J connectivity index is 2.04. The molecule has 0 bridgehead atoms. The third-order valence-corrected chi connectivity index (χ3v) is 4.41. The van der Waals surface area contributed by atoms with Crippen molar-refractivity contribution < 1.29 is 0 Å². The van der Waals surface area contributed by atoms with Crippen LogP contribution in [0.5, 0.6) is 0 Å². The molecule has 0 spiro atoms. The second kappa shape index (κ2) is 3.95. The van der Waals surface area contributed by atoms with Crippen molar-refractivity contribution in [3.8, 4) is 0 Å². The fourth-order valence-electron chi connectivity index (χ4n) is 0.327. The van der Waals surface area contributed by atoms with Crippen LogP contribution in [0.4, 0.5) is 0 Å². The van der Waals surface area contributed by atoms with Crippen molar-refractivity contribution in [3.63, 3.8) is 0 Å². The lowest BCUT2D eigenvalue weighted by Gasteiger charge is -1.88. The van der Waals surface area contributed by atoms with E-state index >= 15 is 0 Å². The van der Waals surface area contributed by atoms with Crippen LogP contribution < -0.4 is 4.72 Å². The molecule has 4 heteroatoms. The SMILES string of the molecule is C1CNSSSC1. The van der Waals surface area contributed by atoms with E-state index in [4.69, 9.17) is 0 Å². The van der Waals surface area contributed by atoms with E-state index in [0.717, 1.165) is 0 Å². The molecule has 0 aliphatic carbocycles. The second-order valence-corrected chi connectivity index (χ2v) is 5.30. The predicted molar refractivity (Wildman–Crippen MR) is 40.3 cm³/mol. The molecule has 1 rings (SSSR count). The summed E-state index contributed by atoms with van der Waals surface area (Å²) in [5.41, 5.74) is 0. The molecule has 1 nitrogen and oxygen atoms in total. The fraction of sp³-hybridized carbons (Fsp3) is 1.00. The van der Waals surface area contributed by atoms with Crippen LogP contribution in [-0.4, -0.2) is 12.3 Å². The van der Waals surface area contributed by atoms with E-state index in [-0.39, 0.29) is 0 Å². The van der Waals surface area contributed by atoms with Gasteiger partial charge in [0.15, 0.2) is 0 Å². The standard InChI is InChI=1S/C3H7NS3/c1-2-4-6-7-5-3-1/h4H,1-3H2. The minimum absolute atomic E-state index is 1.17. The van der Waals surface area contributed by atoms with Gasteiger partial charge in [0.1, 0.15) is 0 Å². The van der Waals surface area contributed by atoms with E-state index in [0.29, 0.717) is 0 Å². The Hall–Kier alpha value is 1.01. The van der Waals surface area contributed by atoms with Crippen molar-refractivity contribution in [1.82, 2.24) is 4.72 Å². The summed E-state index contributed by atoms with van der Waals surface area (Å²) in [4.78, 5) is 0. The molecule has 0 atom stereocenters. The summed E-state index contributed by atoms with van der Waals surface area (Å²) in [6.07, 6.45) is 1.31. The summed E-state index contributed by atoms with van der Waals surface area (Å²) in [7, 11) is 5.52. The largest absolute Gasteiger partial charge is 0.254 e. The molecule has 1 saturated heterocycles. The van der Waals surface area contributed by atoms with Crippen LogP contribution in [-0.2, 0) is 0 Å². The molecule has 1 N–H and O–H groups in total. The Labute approximate surface area is 55.3 Å². The summed E-state index contributed by atoms with van der Waals surface area (Å²) < 4.78 is 3.21. The van der Waals surface area contributed by atoms with Crippen LogP contribution in [0.1, 0.15) is 6.42 Å². The molecule has 0 saturated carbocycles. The van der Waals surface area contributed by atoms with Gasteiger partial charge in [0.25, 0.3) is 0 Å². The van der Waals surface area contributed by atoms with Gasteiger partial charge in [-0.25, -0.2) is 0 Å². The van der Waals surface area contributed by atoms with Gasteiger partial charge < -0.3 is 0 Å². The van der Waals surface area contributed by atoms with E-state index < -0.39 is 0 Å². The van der Waals surface area contributed by atoms with Gasteiger partial charge in [0.2, 0.25) is 0 Å². The van der Waals surface area contributed by atoms with Gasteiger partial charge in [-0.3, -0.25) is 4.72 Å². The zero-order valence-corrected chi connectivity index (χ0v) is 6.30. The Kier molecular flexibility index (Phi) is 3.46. The van der Waals surface area contributed by atoms with Crippen LogP contribution in [0, 0.1) is 0 Å². The first kappa shape index (κ1) is 6.13. The molecular weight excluding hydrogens is 146 g/mol. The minimum atomic E-state index is 1.17. The van der Waals surface area contributed by atoms with E-state index in [1.165, 1.54) is 18.7 Å². The van der Waals surface area contributed by atoms with Gasteiger partial charge in [-0.2, -0.15) is 0 Å². The first-order chi connectivity index (χ1) is 3.50. The Morgan fingerprint density at radius 2 is 2.43 bits per heavy atom. The smallest absolute Gasteiger partial charge is 0.00748 e. The molecule has 0 amide bonds. The van der Waals surface area contributed by atoms with Gasteiger partial charge in [-0.15, -0.1) is 0 Å². The summed E-state index contributed by atoms with van der Waals surface area (Å²) >= 11 is 0. The average Bonchev–Trinajstić information content (AvgIpc) is 1.90. The van der Waals surface area contributed by atoms with Crippen LogP contribution in [0.15, 0.2) is 0 Å². The Bertz CT molecular complexity index is 29.8. The average molecular weight is 153 g/mol. The summed E-state index contributed by atoms with van der Waals surface area (Å²) in [5, 5.41) is 0. The lowest BCUT2D eigenvalue weighted by Crippen LogP contribution is -2.01. The third kappa shape index (κ3) is 2.74. The molecule has 0 radical (unpaired) electrons. The van der Waals surface area contributed by atoms with Gasteiger partial charge in [-0.05, 0) is 16.2 Å². The number of rotatable bonds is 0. The molecule has 1 aliphatic heterocycles. The second-order valence-electron chi connectivity index (χ2n) is 1.22. The summed E-state index contributed by atoms with van der Waals surface area (Å²) in [6, 6.07) is 0. The van der Waals surface area contributed by atoms with Crippen LogP contribution in [0.2, 0.25) is 0 Å². The van der Waals surface area contributed by atoms with Crippen molar-refractivity contribution in [2.45, 2.75) is 6.42 Å². The van der Waals surface area contributed by atoms with Gasteiger partial charge in [0, 0.05) is 23.3 Å². The zero-order valence-electron chi connectivity index (χ0n) is 3.85. The maximum atomic E-state index is 3.21. The molecular formula is C3H7NS3. The summed E-state index contributed by atoms with van der Waals surface area (Å²) in [5.74, 6) is 1.30. The number of hydrogen-bond donors (Lipinski definition) is 1. The molecule has 0 unspecified atom stereocenters. The molecule has 0 aromatic heterocycles. The molecule has 1 aliphatic rings. The zero-order chi connectivity index (χ0) is 4.95.